The highest BCUT2D eigenvalue weighted by atomic mass is 16.5. The molecule has 2 heterocycles. The van der Waals surface area contributed by atoms with Gasteiger partial charge in [0.1, 0.15) is 5.75 Å². The van der Waals surface area contributed by atoms with Gasteiger partial charge in [-0.2, -0.15) is 0 Å². The highest BCUT2D eigenvalue weighted by Crippen LogP contribution is 2.29. The van der Waals surface area contributed by atoms with Gasteiger partial charge in [0.15, 0.2) is 0 Å². The van der Waals surface area contributed by atoms with Crippen molar-refractivity contribution in [2.45, 2.75) is 0 Å². The Morgan fingerprint density at radius 3 is 2.58 bits per heavy atom. The molecule has 3 aromatic rings. The highest BCUT2D eigenvalue weighted by molar-refractivity contribution is 5.92. The van der Waals surface area contributed by atoms with Gasteiger partial charge in [0.25, 0.3) is 0 Å². The van der Waals surface area contributed by atoms with E-state index < -0.39 is 5.97 Å². The summed E-state index contributed by atoms with van der Waals surface area (Å²) in [7, 11) is 1.69. The second-order valence-corrected chi connectivity index (χ2v) is 6.24. The SMILES string of the molecule is COc1ccccc1N1CCN(c2nc3ccc(C(=O)O)cc3[nH]2)CC1. The van der Waals surface area contributed by atoms with E-state index in [9.17, 15) is 4.79 Å². The number of nitrogens with zero attached hydrogens (tertiary/aromatic N) is 3. The van der Waals surface area contributed by atoms with Gasteiger partial charge in [-0.05, 0) is 30.3 Å². The molecule has 26 heavy (non-hydrogen) atoms. The Morgan fingerprint density at radius 1 is 1.12 bits per heavy atom. The summed E-state index contributed by atoms with van der Waals surface area (Å²) in [6.07, 6.45) is 0. The number of fused-ring (bicyclic) bond motifs is 1. The number of para-hydroxylation sites is 2. The predicted octanol–water partition coefficient (Wildman–Crippen LogP) is 2.60. The van der Waals surface area contributed by atoms with Gasteiger partial charge in [-0.15, -0.1) is 0 Å². The summed E-state index contributed by atoms with van der Waals surface area (Å²) >= 11 is 0. The maximum absolute atomic E-state index is 11.1. The summed E-state index contributed by atoms with van der Waals surface area (Å²) in [5.74, 6) is 0.724. The molecule has 0 aliphatic carbocycles. The molecular weight excluding hydrogens is 332 g/mol. The molecule has 2 aromatic carbocycles. The Bertz CT molecular complexity index is 945. The lowest BCUT2D eigenvalue weighted by Gasteiger charge is -2.36. The average Bonchev–Trinajstić information content (AvgIpc) is 3.11. The number of carboxylic acid groups (broad SMARTS) is 1. The molecule has 134 valence electrons. The molecule has 0 atom stereocenters. The van der Waals surface area contributed by atoms with Crippen molar-refractivity contribution in [3.05, 3.63) is 48.0 Å². The lowest BCUT2D eigenvalue weighted by atomic mass is 10.2. The number of aromatic nitrogens is 2. The molecule has 1 aliphatic rings. The number of hydrogen-bond acceptors (Lipinski definition) is 5. The summed E-state index contributed by atoms with van der Waals surface area (Å²) in [5, 5.41) is 9.12. The number of H-pyrrole nitrogens is 1. The minimum absolute atomic E-state index is 0.258. The average molecular weight is 352 g/mol. The second-order valence-electron chi connectivity index (χ2n) is 6.24. The molecule has 0 amide bonds. The maximum atomic E-state index is 11.1. The van der Waals surface area contributed by atoms with Crippen molar-refractivity contribution in [1.82, 2.24) is 9.97 Å². The van der Waals surface area contributed by atoms with Gasteiger partial charge < -0.3 is 24.6 Å². The van der Waals surface area contributed by atoms with Crippen LogP contribution < -0.4 is 14.5 Å². The molecule has 1 aromatic heterocycles. The van der Waals surface area contributed by atoms with Crippen molar-refractivity contribution in [3.63, 3.8) is 0 Å². The van der Waals surface area contributed by atoms with E-state index >= 15 is 0 Å². The van der Waals surface area contributed by atoms with Crippen LogP contribution in [0.15, 0.2) is 42.5 Å². The number of rotatable bonds is 4. The fraction of sp³-hybridized carbons (Fsp3) is 0.263. The first-order chi connectivity index (χ1) is 12.7. The minimum atomic E-state index is -0.937. The number of carboxylic acids is 1. The molecule has 1 fully saturated rings. The molecule has 0 spiro atoms. The second kappa shape index (κ2) is 6.59. The van der Waals surface area contributed by atoms with Crippen molar-refractivity contribution < 1.29 is 14.6 Å². The van der Waals surface area contributed by atoms with Crippen molar-refractivity contribution in [2.24, 2.45) is 0 Å². The van der Waals surface area contributed by atoms with E-state index in [4.69, 9.17) is 9.84 Å². The van der Waals surface area contributed by atoms with Gasteiger partial charge in [0.05, 0.1) is 29.4 Å². The maximum Gasteiger partial charge on any atom is 0.335 e. The molecule has 0 radical (unpaired) electrons. The van der Waals surface area contributed by atoms with Gasteiger partial charge in [-0.3, -0.25) is 0 Å². The van der Waals surface area contributed by atoms with E-state index in [0.29, 0.717) is 0 Å². The van der Waals surface area contributed by atoms with Crippen LogP contribution in [0, 0.1) is 0 Å². The summed E-state index contributed by atoms with van der Waals surface area (Å²) in [6, 6.07) is 13.0. The fourth-order valence-electron chi connectivity index (χ4n) is 3.33. The molecule has 4 rings (SSSR count). The fourth-order valence-corrected chi connectivity index (χ4v) is 3.33. The molecule has 1 saturated heterocycles. The Hall–Kier alpha value is -3.22. The van der Waals surface area contributed by atoms with E-state index in [1.165, 1.54) is 0 Å². The molecule has 0 unspecified atom stereocenters. The largest absolute Gasteiger partial charge is 0.495 e. The number of imidazole rings is 1. The van der Waals surface area contributed by atoms with Crippen LogP contribution in [0.2, 0.25) is 0 Å². The first-order valence-corrected chi connectivity index (χ1v) is 8.51. The lowest BCUT2D eigenvalue weighted by Crippen LogP contribution is -2.47. The van der Waals surface area contributed by atoms with E-state index in [0.717, 1.165) is 54.6 Å². The number of benzene rings is 2. The summed E-state index contributed by atoms with van der Waals surface area (Å²) in [6.45, 7) is 3.36. The number of anilines is 2. The third-order valence-electron chi connectivity index (χ3n) is 4.72. The van der Waals surface area contributed by atoms with E-state index in [-0.39, 0.29) is 5.56 Å². The lowest BCUT2D eigenvalue weighted by molar-refractivity contribution is 0.0697. The molecule has 2 N–H and O–H groups in total. The van der Waals surface area contributed by atoms with Crippen LogP contribution in [0.1, 0.15) is 10.4 Å². The Balaban J connectivity index is 1.51. The van der Waals surface area contributed by atoms with Crippen LogP contribution in [-0.2, 0) is 0 Å². The van der Waals surface area contributed by atoms with Crippen LogP contribution in [0.5, 0.6) is 5.75 Å². The molecule has 1 aliphatic heterocycles. The third kappa shape index (κ3) is 2.92. The zero-order valence-electron chi connectivity index (χ0n) is 14.5. The summed E-state index contributed by atoms with van der Waals surface area (Å²) < 4.78 is 5.46. The van der Waals surface area contributed by atoms with Gasteiger partial charge in [0, 0.05) is 26.2 Å². The zero-order chi connectivity index (χ0) is 18.1. The van der Waals surface area contributed by atoms with Gasteiger partial charge in [-0.1, -0.05) is 12.1 Å². The monoisotopic (exact) mass is 352 g/mol. The van der Waals surface area contributed by atoms with Crippen LogP contribution in [0.25, 0.3) is 11.0 Å². The van der Waals surface area contributed by atoms with E-state index in [2.05, 4.69) is 25.8 Å². The minimum Gasteiger partial charge on any atom is -0.495 e. The number of methoxy groups -OCH3 is 1. The third-order valence-corrected chi connectivity index (χ3v) is 4.72. The topological polar surface area (TPSA) is 81.7 Å². The van der Waals surface area contributed by atoms with Gasteiger partial charge in [-0.25, -0.2) is 9.78 Å². The van der Waals surface area contributed by atoms with Crippen molar-refractivity contribution in [1.29, 1.82) is 0 Å². The standard InChI is InChI=1S/C19H20N4O3/c1-26-17-5-3-2-4-16(17)22-8-10-23(11-9-22)19-20-14-7-6-13(18(24)25)12-15(14)21-19/h2-7,12H,8-11H2,1H3,(H,20,21)(H,24,25). The number of ether oxygens (including phenoxy) is 1. The normalized spacial score (nSPS) is 14.7. The van der Waals surface area contributed by atoms with Crippen molar-refractivity contribution in [2.75, 3.05) is 43.1 Å². The number of nitrogens with one attached hydrogen (secondary N) is 1. The number of piperazine rings is 1. The van der Waals surface area contributed by atoms with Crippen molar-refractivity contribution >= 4 is 28.6 Å². The van der Waals surface area contributed by atoms with E-state index in [1.54, 1.807) is 25.3 Å². The highest BCUT2D eigenvalue weighted by Gasteiger charge is 2.21. The van der Waals surface area contributed by atoms with Gasteiger partial charge >= 0.3 is 5.97 Å². The first kappa shape index (κ1) is 16.3. The molecule has 7 nitrogen and oxygen atoms in total. The van der Waals surface area contributed by atoms with Crippen LogP contribution in [0.3, 0.4) is 0 Å². The summed E-state index contributed by atoms with van der Waals surface area (Å²) in [5.41, 5.74) is 2.88. The Kier molecular flexibility index (Phi) is 4.12. The summed E-state index contributed by atoms with van der Waals surface area (Å²) in [4.78, 5) is 23.5. The quantitative estimate of drug-likeness (QED) is 0.751. The van der Waals surface area contributed by atoms with Gasteiger partial charge in [0.2, 0.25) is 5.95 Å². The smallest absolute Gasteiger partial charge is 0.335 e. The van der Waals surface area contributed by atoms with Crippen LogP contribution in [0.4, 0.5) is 11.6 Å². The van der Waals surface area contributed by atoms with Crippen molar-refractivity contribution in [3.8, 4) is 5.75 Å². The molecule has 7 heteroatoms. The predicted molar refractivity (Wildman–Crippen MR) is 100 cm³/mol. The molecule has 0 saturated carbocycles. The first-order valence-electron chi connectivity index (χ1n) is 8.51. The van der Waals surface area contributed by atoms with Crippen LogP contribution >= 0.6 is 0 Å². The van der Waals surface area contributed by atoms with Crippen LogP contribution in [-0.4, -0.2) is 54.3 Å². The number of carbonyl (C=O) groups is 1. The molecular formula is C19H20N4O3. The Morgan fingerprint density at radius 2 is 1.85 bits per heavy atom. The molecule has 0 bridgehead atoms. The number of aromatic amines is 1. The Labute approximate surface area is 150 Å². The number of hydrogen-bond donors (Lipinski definition) is 2. The van der Waals surface area contributed by atoms with E-state index in [1.807, 2.05) is 18.2 Å². The zero-order valence-corrected chi connectivity index (χ0v) is 14.5. The number of aromatic carboxylic acids is 1.